The normalized spacial score (nSPS) is 18.0. The van der Waals surface area contributed by atoms with E-state index in [4.69, 9.17) is 4.74 Å². The number of aromatic nitrogens is 1. The zero-order valence-corrected chi connectivity index (χ0v) is 12.4. The lowest BCUT2D eigenvalue weighted by atomic mass is 10.0. The zero-order valence-electron chi connectivity index (χ0n) is 12.4. The highest BCUT2D eigenvalue weighted by Gasteiger charge is 2.30. The molecule has 112 valence electrons. The van der Waals surface area contributed by atoms with Crippen molar-refractivity contribution in [2.45, 2.75) is 19.4 Å². The second-order valence-corrected chi connectivity index (χ2v) is 6.03. The first-order valence-electron chi connectivity index (χ1n) is 7.73. The first-order valence-corrected chi connectivity index (χ1v) is 7.73. The molecule has 2 aliphatic rings. The second kappa shape index (κ2) is 5.54. The Morgan fingerprint density at radius 2 is 2.09 bits per heavy atom. The van der Waals surface area contributed by atoms with Crippen LogP contribution in [0.4, 0.5) is 5.69 Å². The van der Waals surface area contributed by atoms with E-state index in [1.165, 1.54) is 12.8 Å². The topological polar surface area (TPSA) is 42.4 Å². The maximum absolute atomic E-state index is 12.4. The molecule has 0 N–H and O–H groups in total. The predicted molar refractivity (Wildman–Crippen MR) is 84.4 cm³/mol. The zero-order chi connectivity index (χ0) is 14.9. The van der Waals surface area contributed by atoms with Crippen LogP contribution in [0.25, 0.3) is 11.1 Å². The molecule has 1 aromatic carbocycles. The third-order valence-electron chi connectivity index (χ3n) is 4.29. The maximum atomic E-state index is 12.4. The van der Waals surface area contributed by atoms with Gasteiger partial charge in [0.15, 0.2) is 0 Å². The van der Waals surface area contributed by atoms with Crippen molar-refractivity contribution in [2.24, 2.45) is 5.92 Å². The number of pyridine rings is 1. The smallest absolute Gasteiger partial charge is 0.253 e. The first-order chi connectivity index (χ1) is 10.8. The van der Waals surface area contributed by atoms with Crippen molar-refractivity contribution in [3.05, 3.63) is 48.3 Å². The summed E-state index contributed by atoms with van der Waals surface area (Å²) in [7, 11) is 0. The van der Waals surface area contributed by atoms with Gasteiger partial charge in [0.2, 0.25) is 0 Å². The molecule has 0 unspecified atom stereocenters. The molecule has 4 nitrogen and oxygen atoms in total. The molecule has 0 radical (unpaired) electrons. The molecule has 0 spiro atoms. The molecule has 22 heavy (non-hydrogen) atoms. The van der Waals surface area contributed by atoms with Crippen molar-refractivity contribution in [1.82, 2.24) is 4.98 Å². The van der Waals surface area contributed by atoms with Gasteiger partial charge >= 0.3 is 0 Å². The van der Waals surface area contributed by atoms with E-state index in [1.807, 2.05) is 23.2 Å². The largest absolute Gasteiger partial charge is 0.367 e. The fraction of sp³-hybridized carbons (Fsp3) is 0.333. The van der Waals surface area contributed by atoms with Crippen molar-refractivity contribution in [2.75, 3.05) is 18.1 Å². The molecule has 0 saturated heterocycles. The monoisotopic (exact) mass is 294 g/mol. The molecular weight excluding hydrogens is 276 g/mol. The van der Waals surface area contributed by atoms with Crippen molar-refractivity contribution in [3.8, 4) is 11.1 Å². The molecule has 0 bridgehead atoms. The Morgan fingerprint density at radius 1 is 1.18 bits per heavy atom. The van der Waals surface area contributed by atoms with Crippen LogP contribution >= 0.6 is 0 Å². The summed E-state index contributed by atoms with van der Waals surface area (Å²) in [6.45, 7) is 1.48. The van der Waals surface area contributed by atoms with E-state index >= 15 is 0 Å². The maximum Gasteiger partial charge on any atom is 0.253 e. The van der Waals surface area contributed by atoms with E-state index in [9.17, 15) is 4.79 Å². The second-order valence-electron chi connectivity index (χ2n) is 6.03. The van der Waals surface area contributed by atoms with Crippen LogP contribution in [0, 0.1) is 5.92 Å². The van der Waals surface area contributed by atoms with Crippen LogP contribution < -0.4 is 4.90 Å². The fourth-order valence-corrected chi connectivity index (χ4v) is 2.87. The van der Waals surface area contributed by atoms with Gasteiger partial charge in [-0.15, -0.1) is 0 Å². The Balaban J connectivity index is 1.76. The molecule has 0 atom stereocenters. The van der Waals surface area contributed by atoms with Crippen LogP contribution in [0.1, 0.15) is 18.4 Å². The number of anilines is 1. The minimum atomic E-state index is 0.0639. The highest BCUT2D eigenvalue weighted by molar-refractivity contribution is 5.96. The van der Waals surface area contributed by atoms with Crippen molar-refractivity contribution in [1.29, 1.82) is 0 Å². The predicted octanol–water partition coefficient (Wildman–Crippen LogP) is 3.02. The number of carbonyl (C=O) groups is 1. The lowest BCUT2D eigenvalue weighted by Gasteiger charge is -2.23. The van der Waals surface area contributed by atoms with Gasteiger partial charge in [0.05, 0.1) is 6.61 Å². The van der Waals surface area contributed by atoms with Crippen LogP contribution in [0.3, 0.4) is 0 Å². The van der Waals surface area contributed by atoms with Crippen LogP contribution in [0.15, 0.2) is 42.7 Å². The fourth-order valence-electron chi connectivity index (χ4n) is 2.87. The molecule has 1 aliphatic heterocycles. The van der Waals surface area contributed by atoms with Gasteiger partial charge in [-0.2, -0.15) is 0 Å². The molecule has 1 aromatic heterocycles. The number of amides is 1. The summed E-state index contributed by atoms with van der Waals surface area (Å²) in [6.07, 6.45) is 6.07. The quantitative estimate of drug-likeness (QED) is 0.874. The number of fused-ring (bicyclic) bond motifs is 1. The van der Waals surface area contributed by atoms with Gasteiger partial charge < -0.3 is 9.64 Å². The first kappa shape index (κ1) is 13.5. The third kappa shape index (κ3) is 2.62. The lowest BCUT2D eigenvalue weighted by molar-refractivity contribution is -0.123. The Hall–Kier alpha value is -2.20. The van der Waals surface area contributed by atoms with Crippen molar-refractivity contribution in [3.63, 3.8) is 0 Å². The third-order valence-corrected chi connectivity index (χ3v) is 4.29. The number of carbonyl (C=O) groups excluding carboxylic acids is 1. The van der Waals surface area contributed by atoms with Gasteiger partial charge in [-0.3, -0.25) is 9.78 Å². The molecule has 2 heterocycles. The lowest BCUT2D eigenvalue weighted by Crippen LogP contribution is -2.34. The van der Waals surface area contributed by atoms with Crippen molar-refractivity contribution < 1.29 is 9.53 Å². The standard InChI is InChI=1S/C18H18N2O2/c21-18-12-22-11-16-6-5-14(15-2-1-7-19-9-15)8-17(16)20(18)10-13-3-4-13/h1-2,5-9,13H,3-4,10-12H2. The van der Waals surface area contributed by atoms with E-state index in [2.05, 4.69) is 23.2 Å². The van der Waals surface area contributed by atoms with Crippen LogP contribution in [0.2, 0.25) is 0 Å². The van der Waals surface area contributed by atoms with Gasteiger partial charge in [0.1, 0.15) is 6.61 Å². The van der Waals surface area contributed by atoms with Gasteiger partial charge in [-0.25, -0.2) is 0 Å². The highest BCUT2D eigenvalue weighted by atomic mass is 16.5. The molecule has 2 aromatic rings. The summed E-state index contributed by atoms with van der Waals surface area (Å²) in [5.74, 6) is 0.714. The Bertz CT molecular complexity index is 695. The molecule has 4 heteroatoms. The number of hydrogen-bond donors (Lipinski definition) is 0. The van der Waals surface area contributed by atoms with Gasteiger partial charge in [-0.1, -0.05) is 18.2 Å². The Kier molecular flexibility index (Phi) is 3.39. The average Bonchev–Trinajstić information content (AvgIpc) is 3.38. The molecule has 1 amide bonds. The SMILES string of the molecule is O=C1COCc2ccc(-c3cccnc3)cc2N1CC1CC1. The van der Waals surface area contributed by atoms with E-state index in [-0.39, 0.29) is 12.5 Å². The Labute approximate surface area is 129 Å². The molecule has 1 aliphatic carbocycles. The van der Waals surface area contributed by atoms with E-state index in [0.717, 1.165) is 28.9 Å². The Morgan fingerprint density at radius 3 is 2.86 bits per heavy atom. The minimum absolute atomic E-state index is 0.0639. The van der Waals surface area contributed by atoms with E-state index < -0.39 is 0 Å². The molecule has 4 rings (SSSR count). The summed E-state index contributed by atoms with van der Waals surface area (Å²) in [6, 6.07) is 10.2. The summed E-state index contributed by atoms with van der Waals surface area (Å²) < 4.78 is 5.51. The van der Waals surface area contributed by atoms with Crippen molar-refractivity contribution >= 4 is 11.6 Å². The van der Waals surface area contributed by atoms with Crippen LogP contribution in [0.5, 0.6) is 0 Å². The van der Waals surface area contributed by atoms with Gasteiger partial charge in [0, 0.05) is 35.8 Å². The van der Waals surface area contributed by atoms with E-state index in [0.29, 0.717) is 12.5 Å². The van der Waals surface area contributed by atoms with Crippen LogP contribution in [-0.4, -0.2) is 24.0 Å². The number of rotatable bonds is 3. The molecular formula is C18H18N2O2. The number of hydrogen-bond acceptors (Lipinski definition) is 3. The summed E-state index contributed by atoms with van der Waals surface area (Å²) >= 11 is 0. The summed E-state index contributed by atoms with van der Waals surface area (Å²) in [5, 5.41) is 0. The summed E-state index contributed by atoms with van der Waals surface area (Å²) in [4.78, 5) is 18.5. The minimum Gasteiger partial charge on any atom is -0.367 e. The summed E-state index contributed by atoms with van der Waals surface area (Å²) in [5.41, 5.74) is 4.23. The van der Waals surface area contributed by atoms with Gasteiger partial charge in [-0.05, 0) is 36.5 Å². The molecule has 1 fully saturated rings. The molecule has 1 saturated carbocycles. The van der Waals surface area contributed by atoms with Crippen LogP contribution in [-0.2, 0) is 16.1 Å². The highest BCUT2D eigenvalue weighted by Crippen LogP contribution is 2.35. The number of benzene rings is 1. The number of nitrogens with zero attached hydrogens (tertiary/aromatic N) is 2. The average molecular weight is 294 g/mol. The van der Waals surface area contributed by atoms with Gasteiger partial charge in [0.25, 0.3) is 5.91 Å². The number of ether oxygens (including phenoxy) is 1. The van der Waals surface area contributed by atoms with E-state index in [1.54, 1.807) is 6.20 Å².